The van der Waals surface area contributed by atoms with Gasteiger partial charge in [-0.05, 0) is 29.9 Å². The van der Waals surface area contributed by atoms with E-state index in [4.69, 9.17) is 11.6 Å². The van der Waals surface area contributed by atoms with Crippen LogP contribution in [0, 0.1) is 11.7 Å². The number of thiol groups is 1. The summed E-state index contributed by atoms with van der Waals surface area (Å²) in [5.41, 5.74) is 0.653. The van der Waals surface area contributed by atoms with Crippen molar-refractivity contribution in [3.63, 3.8) is 0 Å². The van der Waals surface area contributed by atoms with Crippen LogP contribution in [0.4, 0.5) is 10.1 Å². The molecule has 86 valence electrons. The Bertz CT molecular complexity index is 426. The van der Waals surface area contributed by atoms with Crippen molar-refractivity contribution in [2.75, 3.05) is 17.2 Å². The minimum atomic E-state index is -0.470. The van der Waals surface area contributed by atoms with Gasteiger partial charge in [-0.1, -0.05) is 11.6 Å². The van der Waals surface area contributed by atoms with E-state index in [2.05, 4.69) is 12.6 Å². The largest absolute Gasteiger partial charge is 0.312 e. The molecule has 1 amide bonds. The van der Waals surface area contributed by atoms with Crippen molar-refractivity contribution >= 4 is 35.8 Å². The molecule has 1 atom stereocenters. The molecule has 5 heteroatoms. The van der Waals surface area contributed by atoms with E-state index in [1.54, 1.807) is 11.0 Å². The van der Waals surface area contributed by atoms with E-state index in [-0.39, 0.29) is 16.8 Å². The molecular formula is C11H11ClFNOS. The van der Waals surface area contributed by atoms with Gasteiger partial charge in [0.1, 0.15) is 5.82 Å². The summed E-state index contributed by atoms with van der Waals surface area (Å²) in [6.07, 6.45) is 0.499. The second-order valence-electron chi connectivity index (χ2n) is 3.86. The van der Waals surface area contributed by atoms with Gasteiger partial charge in [0.25, 0.3) is 0 Å². The van der Waals surface area contributed by atoms with Crippen LogP contribution in [-0.2, 0) is 4.79 Å². The average Bonchev–Trinajstić information content (AvgIpc) is 2.64. The first-order chi connectivity index (χ1) is 7.61. The minimum absolute atomic E-state index is 0.0413. The summed E-state index contributed by atoms with van der Waals surface area (Å²) in [4.78, 5) is 13.3. The highest BCUT2D eigenvalue weighted by atomic mass is 35.5. The van der Waals surface area contributed by atoms with Crippen LogP contribution in [0.5, 0.6) is 0 Å². The molecule has 1 unspecified atom stereocenters. The third-order valence-electron chi connectivity index (χ3n) is 2.68. The zero-order chi connectivity index (χ0) is 11.7. The second kappa shape index (κ2) is 4.63. The maximum Gasteiger partial charge on any atom is 0.227 e. The molecular weight excluding hydrogens is 249 g/mol. The molecule has 1 aliphatic heterocycles. The molecule has 0 radical (unpaired) electrons. The van der Waals surface area contributed by atoms with Crippen LogP contribution in [0.15, 0.2) is 18.2 Å². The van der Waals surface area contributed by atoms with E-state index < -0.39 is 5.82 Å². The zero-order valence-electron chi connectivity index (χ0n) is 8.49. The van der Waals surface area contributed by atoms with Crippen LogP contribution >= 0.6 is 24.2 Å². The number of rotatable bonds is 2. The number of hydrogen-bond donors (Lipinski definition) is 1. The lowest BCUT2D eigenvalue weighted by molar-refractivity contribution is -0.117. The van der Waals surface area contributed by atoms with Crippen molar-refractivity contribution in [2.45, 2.75) is 6.42 Å². The molecule has 16 heavy (non-hydrogen) atoms. The highest BCUT2D eigenvalue weighted by molar-refractivity contribution is 7.80. The fourth-order valence-corrected chi connectivity index (χ4v) is 2.23. The predicted octanol–water partition coefficient (Wildman–Crippen LogP) is 2.76. The van der Waals surface area contributed by atoms with E-state index >= 15 is 0 Å². The van der Waals surface area contributed by atoms with Crippen molar-refractivity contribution in [3.05, 3.63) is 29.0 Å². The normalized spacial score (nSPS) is 20.6. The third-order valence-corrected chi connectivity index (χ3v) is 3.48. The van der Waals surface area contributed by atoms with Gasteiger partial charge in [0.15, 0.2) is 0 Å². The van der Waals surface area contributed by atoms with Crippen LogP contribution in [-0.4, -0.2) is 18.2 Å². The molecule has 0 spiro atoms. The number of benzene rings is 1. The SMILES string of the molecule is O=C1CC(CS)CN1c1ccc(F)c(Cl)c1. The predicted molar refractivity (Wildman–Crippen MR) is 65.7 cm³/mol. The molecule has 1 saturated heterocycles. The number of carbonyl (C=O) groups is 1. The van der Waals surface area contributed by atoms with E-state index in [0.29, 0.717) is 24.4 Å². The molecule has 1 aromatic rings. The standard InChI is InChI=1S/C11H11ClFNOS/c12-9-4-8(1-2-10(9)13)14-5-7(6-16)3-11(14)15/h1-2,4,7,16H,3,5-6H2. The topological polar surface area (TPSA) is 20.3 Å². The summed E-state index contributed by atoms with van der Waals surface area (Å²) in [7, 11) is 0. The number of carbonyl (C=O) groups excluding carboxylic acids is 1. The minimum Gasteiger partial charge on any atom is -0.312 e. The summed E-state index contributed by atoms with van der Waals surface area (Å²) < 4.78 is 13.0. The Morgan fingerprint density at radius 3 is 2.88 bits per heavy atom. The van der Waals surface area contributed by atoms with Crippen molar-refractivity contribution in [1.82, 2.24) is 0 Å². The maximum atomic E-state index is 13.0. The van der Waals surface area contributed by atoms with Gasteiger partial charge in [0, 0.05) is 18.7 Å². The fourth-order valence-electron chi connectivity index (χ4n) is 1.81. The fraction of sp³-hybridized carbons (Fsp3) is 0.364. The molecule has 1 heterocycles. The van der Waals surface area contributed by atoms with Gasteiger partial charge < -0.3 is 4.90 Å². The van der Waals surface area contributed by atoms with Crippen molar-refractivity contribution in [3.8, 4) is 0 Å². The van der Waals surface area contributed by atoms with Gasteiger partial charge in [-0.25, -0.2) is 4.39 Å². The van der Waals surface area contributed by atoms with Gasteiger partial charge in [-0.2, -0.15) is 12.6 Å². The number of nitrogens with zero attached hydrogens (tertiary/aromatic N) is 1. The maximum absolute atomic E-state index is 13.0. The van der Waals surface area contributed by atoms with Gasteiger partial charge >= 0.3 is 0 Å². The van der Waals surface area contributed by atoms with Gasteiger partial charge in [-0.15, -0.1) is 0 Å². The molecule has 0 saturated carbocycles. The van der Waals surface area contributed by atoms with Crippen LogP contribution in [0.25, 0.3) is 0 Å². The number of halogens is 2. The van der Waals surface area contributed by atoms with E-state index in [1.165, 1.54) is 12.1 Å². The van der Waals surface area contributed by atoms with Crippen molar-refractivity contribution in [1.29, 1.82) is 0 Å². The zero-order valence-corrected chi connectivity index (χ0v) is 10.1. The Morgan fingerprint density at radius 1 is 1.56 bits per heavy atom. The molecule has 1 aliphatic rings. The summed E-state index contributed by atoms with van der Waals surface area (Å²) in [5.74, 6) is 0.515. The second-order valence-corrected chi connectivity index (χ2v) is 4.63. The van der Waals surface area contributed by atoms with Gasteiger partial charge in [0.2, 0.25) is 5.91 Å². The average molecular weight is 260 g/mol. The van der Waals surface area contributed by atoms with Gasteiger partial charge in [0.05, 0.1) is 5.02 Å². The Labute approximate surface area is 104 Å². The monoisotopic (exact) mass is 259 g/mol. The van der Waals surface area contributed by atoms with Crippen molar-refractivity contribution in [2.24, 2.45) is 5.92 Å². The molecule has 2 rings (SSSR count). The highest BCUT2D eigenvalue weighted by Crippen LogP contribution is 2.28. The lowest BCUT2D eigenvalue weighted by Crippen LogP contribution is -2.24. The molecule has 0 N–H and O–H groups in total. The summed E-state index contributed by atoms with van der Waals surface area (Å²) in [6, 6.07) is 4.33. The van der Waals surface area contributed by atoms with E-state index in [1.807, 2.05) is 0 Å². The summed E-state index contributed by atoms with van der Waals surface area (Å²) >= 11 is 9.86. The first-order valence-corrected chi connectivity index (χ1v) is 5.99. The van der Waals surface area contributed by atoms with Crippen LogP contribution in [0.3, 0.4) is 0 Å². The molecule has 0 aliphatic carbocycles. The first-order valence-electron chi connectivity index (χ1n) is 4.98. The Morgan fingerprint density at radius 2 is 2.31 bits per heavy atom. The molecule has 0 bridgehead atoms. The Kier molecular flexibility index (Phi) is 3.40. The first kappa shape index (κ1) is 11.7. The highest BCUT2D eigenvalue weighted by Gasteiger charge is 2.29. The summed E-state index contributed by atoms with van der Waals surface area (Å²) in [5, 5.41) is 0.0413. The number of anilines is 1. The van der Waals surface area contributed by atoms with E-state index in [0.717, 1.165) is 0 Å². The van der Waals surface area contributed by atoms with Crippen molar-refractivity contribution < 1.29 is 9.18 Å². The van der Waals surface area contributed by atoms with Crippen LogP contribution in [0.1, 0.15) is 6.42 Å². The van der Waals surface area contributed by atoms with Gasteiger partial charge in [-0.3, -0.25) is 4.79 Å². The molecule has 0 aromatic heterocycles. The lowest BCUT2D eigenvalue weighted by Gasteiger charge is -2.16. The molecule has 2 nitrogen and oxygen atoms in total. The van der Waals surface area contributed by atoms with Crippen LogP contribution in [0.2, 0.25) is 5.02 Å². The Hall–Kier alpha value is -0.740. The van der Waals surface area contributed by atoms with Crippen LogP contribution < -0.4 is 4.90 Å². The Balaban J connectivity index is 2.24. The third kappa shape index (κ3) is 2.18. The van der Waals surface area contributed by atoms with E-state index in [9.17, 15) is 9.18 Å². The lowest BCUT2D eigenvalue weighted by atomic mass is 10.1. The summed E-state index contributed by atoms with van der Waals surface area (Å²) in [6.45, 7) is 0.629. The number of amides is 1. The quantitative estimate of drug-likeness (QED) is 0.810. The molecule has 1 aromatic carbocycles. The number of hydrogen-bond acceptors (Lipinski definition) is 2. The molecule has 1 fully saturated rings. The smallest absolute Gasteiger partial charge is 0.227 e.